The molecule has 1 saturated heterocycles. The topological polar surface area (TPSA) is 134 Å². The zero-order chi connectivity index (χ0) is 32.5. The summed E-state index contributed by atoms with van der Waals surface area (Å²) in [5.41, 5.74) is 1.43. The van der Waals surface area contributed by atoms with Crippen molar-refractivity contribution in [2.24, 2.45) is 0 Å². The van der Waals surface area contributed by atoms with Gasteiger partial charge in [0, 0.05) is 49.2 Å². The molecule has 4 aromatic heterocycles. The molecule has 5 aromatic rings. The van der Waals surface area contributed by atoms with Crippen LogP contribution in [0.4, 0.5) is 19.0 Å². The Kier molecular flexibility index (Phi) is 8.14. The van der Waals surface area contributed by atoms with E-state index in [1.54, 1.807) is 17.3 Å². The van der Waals surface area contributed by atoms with Gasteiger partial charge in [0.2, 0.25) is 0 Å². The molecule has 1 atom stereocenters. The molecule has 232 valence electrons. The maximum absolute atomic E-state index is 16.6. The molecule has 0 aliphatic carbocycles. The summed E-state index contributed by atoms with van der Waals surface area (Å²) in [5.74, 6) is -2.96. The van der Waals surface area contributed by atoms with E-state index < -0.39 is 29.4 Å². The van der Waals surface area contributed by atoms with Crippen molar-refractivity contribution in [1.82, 2.24) is 34.8 Å². The molecule has 6 rings (SSSR count). The smallest absolute Gasteiger partial charge is 0.319 e. The molecule has 1 aliphatic rings. The SMILES string of the molecule is C=C(F)C(=O)N1CCN(c2nc(OCc3ncc(F)c(C)n3)nc3c(F)c(-c4cncc5cccc(C)c45)ncc23)C[C@@H]1CC#N. The second-order valence-corrected chi connectivity index (χ2v) is 10.7. The third-order valence-electron chi connectivity index (χ3n) is 7.79. The average molecular weight is 626 g/mol. The minimum Gasteiger partial charge on any atom is -0.455 e. The number of aromatic nitrogens is 6. The Hall–Kier alpha value is -5.71. The Bertz CT molecular complexity index is 2060. The van der Waals surface area contributed by atoms with Crippen LogP contribution < -0.4 is 9.64 Å². The first kappa shape index (κ1) is 30.3. The van der Waals surface area contributed by atoms with Crippen LogP contribution in [-0.2, 0) is 11.4 Å². The normalized spacial score (nSPS) is 14.8. The highest BCUT2D eigenvalue weighted by atomic mass is 19.1. The van der Waals surface area contributed by atoms with E-state index in [1.807, 2.05) is 31.2 Å². The fourth-order valence-electron chi connectivity index (χ4n) is 5.57. The predicted octanol–water partition coefficient (Wildman–Crippen LogP) is 4.92. The molecular weight excluding hydrogens is 599 g/mol. The molecule has 1 amide bonds. The summed E-state index contributed by atoms with van der Waals surface area (Å²) in [6.45, 7) is 6.55. The Morgan fingerprint density at radius 2 is 1.93 bits per heavy atom. The van der Waals surface area contributed by atoms with Crippen molar-refractivity contribution in [2.75, 3.05) is 24.5 Å². The Morgan fingerprint density at radius 1 is 1.11 bits per heavy atom. The maximum Gasteiger partial charge on any atom is 0.319 e. The van der Waals surface area contributed by atoms with Crippen LogP contribution in [0.25, 0.3) is 32.9 Å². The van der Waals surface area contributed by atoms with E-state index in [1.165, 1.54) is 18.0 Å². The lowest BCUT2D eigenvalue weighted by Crippen LogP contribution is -2.55. The van der Waals surface area contributed by atoms with Gasteiger partial charge in [-0.2, -0.15) is 15.2 Å². The number of benzene rings is 1. The quantitative estimate of drug-likeness (QED) is 0.230. The number of hydrogen-bond acceptors (Lipinski definition) is 10. The molecule has 46 heavy (non-hydrogen) atoms. The number of carbonyl (C=O) groups excluding carboxylic acids is 1. The van der Waals surface area contributed by atoms with Crippen molar-refractivity contribution in [1.29, 1.82) is 5.26 Å². The molecule has 0 bridgehead atoms. The number of rotatable bonds is 7. The van der Waals surface area contributed by atoms with Gasteiger partial charge in [-0.3, -0.25) is 14.8 Å². The van der Waals surface area contributed by atoms with Crippen molar-refractivity contribution in [3.05, 3.63) is 84.1 Å². The summed E-state index contributed by atoms with van der Waals surface area (Å²) in [5, 5.41) is 11.3. The summed E-state index contributed by atoms with van der Waals surface area (Å²) < 4.78 is 49.9. The van der Waals surface area contributed by atoms with Crippen molar-refractivity contribution < 1.29 is 22.7 Å². The van der Waals surface area contributed by atoms with Crippen LogP contribution in [-0.4, -0.2) is 66.4 Å². The van der Waals surface area contributed by atoms with Crippen LogP contribution in [0.3, 0.4) is 0 Å². The summed E-state index contributed by atoms with van der Waals surface area (Å²) in [6.07, 6.45) is 5.62. The third-order valence-corrected chi connectivity index (χ3v) is 7.79. The van der Waals surface area contributed by atoms with E-state index in [0.29, 0.717) is 5.56 Å². The van der Waals surface area contributed by atoms with E-state index in [9.17, 15) is 18.8 Å². The van der Waals surface area contributed by atoms with Crippen molar-refractivity contribution in [2.45, 2.75) is 32.9 Å². The molecule has 11 nitrogen and oxygen atoms in total. The average Bonchev–Trinajstić information content (AvgIpc) is 3.05. The first-order valence-corrected chi connectivity index (χ1v) is 14.2. The molecule has 0 unspecified atom stereocenters. The molecule has 1 aromatic carbocycles. The second-order valence-electron chi connectivity index (χ2n) is 10.7. The van der Waals surface area contributed by atoms with Crippen LogP contribution in [0.1, 0.15) is 23.5 Å². The lowest BCUT2D eigenvalue weighted by Gasteiger charge is -2.41. The zero-order valence-corrected chi connectivity index (χ0v) is 24.8. The van der Waals surface area contributed by atoms with E-state index in [2.05, 4.69) is 36.5 Å². The highest BCUT2D eigenvalue weighted by molar-refractivity contribution is 6.00. The van der Waals surface area contributed by atoms with Gasteiger partial charge in [-0.05, 0) is 24.8 Å². The Balaban J connectivity index is 1.47. The predicted molar refractivity (Wildman–Crippen MR) is 162 cm³/mol. The van der Waals surface area contributed by atoms with Gasteiger partial charge in [0.25, 0.3) is 5.91 Å². The fraction of sp³-hybridized carbons (Fsp3) is 0.250. The summed E-state index contributed by atoms with van der Waals surface area (Å²) in [4.78, 5) is 41.2. The first-order chi connectivity index (χ1) is 22.2. The molecule has 1 fully saturated rings. The molecule has 0 radical (unpaired) electrons. The van der Waals surface area contributed by atoms with Gasteiger partial charge in [-0.1, -0.05) is 24.8 Å². The Morgan fingerprint density at radius 3 is 2.70 bits per heavy atom. The maximum atomic E-state index is 16.6. The number of ether oxygens (including phenoxy) is 1. The monoisotopic (exact) mass is 625 g/mol. The minimum atomic E-state index is -1.13. The molecule has 1 aliphatic heterocycles. The molecule has 0 saturated carbocycles. The number of halogens is 3. The van der Waals surface area contributed by atoms with E-state index in [4.69, 9.17) is 4.74 Å². The molecule has 0 N–H and O–H groups in total. The van der Waals surface area contributed by atoms with Gasteiger partial charge in [0.05, 0.1) is 35.8 Å². The number of carbonyl (C=O) groups is 1. The number of hydrogen-bond donors (Lipinski definition) is 0. The van der Waals surface area contributed by atoms with Gasteiger partial charge >= 0.3 is 6.01 Å². The van der Waals surface area contributed by atoms with Crippen LogP contribution in [0.2, 0.25) is 0 Å². The number of pyridine rings is 2. The Labute approximate surface area is 261 Å². The van der Waals surface area contributed by atoms with Gasteiger partial charge in [-0.25, -0.2) is 23.1 Å². The highest BCUT2D eigenvalue weighted by Crippen LogP contribution is 2.36. The summed E-state index contributed by atoms with van der Waals surface area (Å²) in [6, 6.07) is 6.79. The number of fused-ring (bicyclic) bond motifs is 2. The standard InChI is InChI=1S/C32H26F3N9O2/c1-17-5-4-6-20-11-37-12-22(26(17)20)28-27(35)29-23(13-39-28)30(42-32(41-29)46-16-25-38-14-24(34)19(3)40-25)43-9-10-44(31(45)18(2)33)21(15-43)7-8-36/h4-6,11-14,21H,2,7,9-10,15-16H2,1,3H3/t21-/m0/s1. The fourth-order valence-corrected chi connectivity index (χ4v) is 5.57. The molecule has 5 heterocycles. The van der Waals surface area contributed by atoms with E-state index in [-0.39, 0.29) is 72.6 Å². The number of amides is 1. The van der Waals surface area contributed by atoms with Crippen LogP contribution >= 0.6 is 0 Å². The third kappa shape index (κ3) is 5.63. The number of nitriles is 1. The summed E-state index contributed by atoms with van der Waals surface area (Å²) in [7, 11) is 0. The summed E-state index contributed by atoms with van der Waals surface area (Å²) >= 11 is 0. The number of aryl methyl sites for hydroxylation is 2. The van der Waals surface area contributed by atoms with E-state index >= 15 is 4.39 Å². The first-order valence-electron chi connectivity index (χ1n) is 14.2. The molecule has 14 heteroatoms. The second kappa shape index (κ2) is 12.4. The largest absolute Gasteiger partial charge is 0.455 e. The molecular formula is C32H26F3N9O2. The lowest BCUT2D eigenvalue weighted by molar-refractivity contribution is -0.131. The van der Waals surface area contributed by atoms with Crippen LogP contribution in [0.5, 0.6) is 6.01 Å². The number of anilines is 1. The number of nitrogens with zero attached hydrogens (tertiary/aromatic N) is 9. The van der Waals surface area contributed by atoms with Gasteiger partial charge in [0.15, 0.2) is 29.9 Å². The molecule has 0 spiro atoms. The van der Waals surface area contributed by atoms with Gasteiger partial charge < -0.3 is 14.5 Å². The zero-order valence-electron chi connectivity index (χ0n) is 24.8. The van der Waals surface area contributed by atoms with Crippen LogP contribution in [0, 0.1) is 36.8 Å². The lowest BCUT2D eigenvalue weighted by atomic mass is 10.00. The van der Waals surface area contributed by atoms with Crippen molar-refractivity contribution in [3.8, 4) is 23.3 Å². The minimum absolute atomic E-state index is 0.0206. The highest BCUT2D eigenvalue weighted by Gasteiger charge is 2.33. The van der Waals surface area contributed by atoms with Gasteiger partial charge in [0.1, 0.15) is 17.0 Å². The van der Waals surface area contributed by atoms with Crippen molar-refractivity contribution >= 4 is 33.4 Å². The van der Waals surface area contributed by atoms with Crippen molar-refractivity contribution in [3.63, 3.8) is 0 Å². The number of piperazine rings is 1. The van der Waals surface area contributed by atoms with Gasteiger partial charge in [-0.15, -0.1) is 0 Å². The van der Waals surface area contributed by atoms with Crippen LogP contribution in [0.15, 0.2) is 55.4 Å². The van der Waals surface area contributed by atoms with E-state index in [0.717, 1.165) is 22.5 Å².